The number of benzene rings is 1. The van der Waals surface area contributed by atoms with E-state index < -0.39 is 6.04 Å². The lowest BCUT2D eigenvalue weighted by molar-refractivity contribution is -0.121. The van der Waals surface area contributed by atoms with Gasteiger partial charge in [0, 0.05) is 7.11 Å². The van der Waals surface area contributed by atoms with Crippen LogP contribution >= 0.6 is 0 Å². The van der Waals surface area contributed by atoms with Gasteiger partial charge in [-0.25, -0.2) is 0 Å². The van der Waals surface area contributed by atoms with E-state index in [1.54, 1.807) is 18.1 Å². The van der Waals surface area contributed by atoms with Gasteiger partial charge in [0.05, 0.1) is 23.9 Å². The van der Waals surface area contributed by atoms with Gasteiger partial charge in [-0.2, -0.15) is 0 Å². The van der Waals surface area contributed by atoms with Gasteiger partial charge in [0.1, 0.15) is 6.04 Å². The van der Waals surface area contributed by atoms with E-state index in [-0.39, 0.29) is 17.9 Å². The smallest absolute Gasteiger partial charge is 0.254 e. The molecule has 0 bridgehead atoms. The molecule has 1 aromatic carbocycles. The molecule has 5 nitrogen and oxygen atoms in total. The maximum atomic E-state index is 12.8. The Morgan fingerprint density at radius 2 is 2.05 bits per heavy atom. The molecule has 0 saturated carbocycles. The molecular formula is C16H22N2O3. The highest BCUT2D eigenvalue weighted by molar-refractivity contribution is 6.11. The molecule has 2 atom stereocenters. The van der Waals surface area contributed by atoms with Crippen molar-refractivity contribution in [1.82, 2.24) is 5.32 Å². The molecule has 0 spiro atoms. The second-order valence-electron chi connectivity index (χ2n) is 5.34. The molecular weight excluding hydrogens is 268 g/mol. The number of hydrogen-bond acceptors (Lipinski definition) is 3. The molecule has 1 N–H and O–H groups in total. The summed E-state index contributed by atoms with van der Waals surface area (Å²) in [5.74, 6) is -0.260. The van der Waals surface area contributed by atoms with E-state index in [1.165, 1.54) is 0 Å². The molecule has 0 aromatic heterocycles. The number of amides is 2. The summed E-state index contributed by atoms with van der Waals surface area (Å²) in [6, 6.07) is 6.60. The molecule has 1 heterocycles. The fraction of sp³-hybridized carbons (Fsp3) is 0.500. The number of anilines is 1. The Labute approximate surface area is 125 Å². The van der Waals surface area contributed by atoms with Crippen LogP contribution in [0, 0.1) is 0 Å². The first-order valence-corrected chi connectivity index (χ1v) is 7.32. The second kappa shape index (κ2) is 6.72. The Morgan fingerprint density at radius 1 is 1.33 bits per heavy atom. The van der Waals surface area contributed by atoms with E-state index in [0.717, 1.165) is 6.42 Å². The molecule has 2 amide bonds. The molecule has 1 aromatic rings. The standard InChI is InChI=1S/C16H22N2O3/c1-4-7-13-16(20)18(11(2)10-21-3)14-9-6-5-8-12(14)15(19)17-13/h5-6,8-9,11,13H,4,7,10H2,1-3H3,(H,17,19). The Morgan fingerprint density at radius 3 is 2.71 bits per heavy atom. The second-order valence-corrected chi connectivity index (χ2v) is 5.34. The molecule has 0 fully saturated rings. The Hall–Kier alpha value is -1.88. The van der Waals surface area contributed by atoms with Crippen LogP contribution in [0.15, 0.2) is 24.3 Å². The lowest BCUT2D eigenvalue weighted by Gasteiger charge is -2.30. The molecule has 1 aliphatic heterocycles. The van der Waals surface area contributed by atoms with Crippen molar-refractivity contribution >= 4 is 17.5 Å². The number of nitrogens with zero attached hydrogens (tertiary/aromatic N) is 1. The first-order chi connectivity index (χ1) is 10.1. The normalized spacial score (nSPS) is 19.8. The molecule has 1 aliphatic rings. The van der Waals surface area contributed by atoms with Crippen molar-refractivity contribution in [2.24, 2.45) is 0 Å². The van der Waals surface area contributed by atoms with Gasteiger partial charge < -0.3 is 15.0 Å². The van der Waals surface area contributed by atoms with Crippen LogP contribution in [-0.4, -0.2) is 37.6 Å². The average molecular weight is 290 g/mol. The predicted octanol–water partition coefficient (Wildman–Crippen LogP) is 1.97. The maximum Gasteiger partial charge on any atom is 0.254 e. The fourth-order valence-corrected chi connectivity index (χ4v) is 2.71. The van der Waals surface area contributed by atoms with Crippen molar-refractivity contribution in [2.75, 3.05) is 18.6 Å². The summed E-state index contributed by atoms with van der Waals surface area (Å²) >= 11 is 0. The summed E-state index contributed by atoms with van der Waals surface area (Å²) < 4.78 is 5.18. The topological polar surface area (TPSA) is 58.6 Å². The van der Waals surface area contributed by atoms with Gasteiger partial charge >= 0.3 is 0 Å². The number of nitrogens with one attached hydrogen (secondary N) is 1. The van der Waals surface area contributed by atoms with Gasteiger partial charge in [-0.3, -0.25) is 9.59 Å². The van der Waals surface area contributed by atoms with Crippen LogP contribution in [0.2, 0.25) is 0 Å². The van der Waals surface area contributed by atoms with Crippen molar-refractivity contribution < 1.29 is 14.3 Å². The van der Waals surface area contributed by atoms with E-state index >= 15 is 0 Å². The molecule has 0 aliphatic carbocycles. The van der Waals surface area contributed by atoms with Crippen LogP contribution in [0.25, 0.3) is 0 Å². The third-order valence-corrected chi connectivity index (χ3v) is 3.68. The largest absolute Gasteiger partial charge is 0.383 e. The predicted molar refractivity (Wildman–Crippen MR) is 81.4 cm³/mol. The minimum absolute atomic E-state index is 0.0697. The highest BCUT2D eigenvalue weighted by atomic mass is 16.5. The third-order valence-electron chi connectivity index (χ3n) is 3.68. The number of para-hydroxylation sites is 1. The van der Waals surface area contributed by atoms with Crippen molar-refractivity contribution in [3.63, 3.8) is 0 Å². The number of rotatable bonds is 5. The molecule has 0 radical (unpaired) electrons. The number of hydrogen-bond donors (Lipinski definition) is 1. The SMILES string of the molecule is CCCC1NC(=O)c2ccccc2N(C(C)COC)C1=O. The van der Waals surface area contributed by atoms with E-state index in [2.05, 4.69) is 5.32 Å². The van der Waals surface area contributed by atoms with E-state index in [0.29, 0.717) is 24.3 Å². The summed E-state index contributed by atoms with van der Waals surface area (Å²) in [5.41, 5.74) is 1.19. The lowest BCUT2D eigenvalue weighted by atomic mass is 10.1. The summed E-state index contributed by atoms with van der Waals surface area (Å²) in [5, 5.41) is 2.84. The van der Waals surface area contributed by atoms with E-state index in [4.69, 9.17) is 4.74 Å². The zero-order valence-corrected chi connectivity index (χ0v) is 12.8. The van der Waals surface area contributed by atoms with Crippen LogP contribution in [0.4, 0.5) is 5.69 Å². The van der Waals surface area contributed by atoms with Gasteiger partial charge in [-0.1, -0.05) is 25.5 Å². The zero-order chi connectivity index (χ0) is 15.4. The minimum Gasteiger partial charge on any atom is -0.383 e. The number of methoxy groups -OCH3 is 1. The first-order valence-electron chi connectivity index (χ1n) is 7.32. The number of carbonyl (C=O) groups excluding carboxylic acids is 2. The van der Waals surface area contributed by atoms with Gasteiger partial charge in [-0.05, 0) is 25.5 Å². The molecule has 2 unspecified atom stereocenters. The number of fused-ring (bicyclic) bond motifs is 1. The van der Waals surface area contributed by atoms with Gasteiger partial charge in [-0.15, -0.1) is 0 Å². The van der Waals surface area contributed by atoms with Crippen LogP contribution in [0.5, 0.6) is 0 Å². The summed E-state index contributed by atoms with van der Waals surface area (Å²) in [6.45, 7) is 4.35. The number of ether oxygens (including phenoxy) is 1. The molecule has 5 heteroatoms. The van der Waals surface area contributed by atoms with Gasteiger partial charge in [0.15, 0.2) is 0 Å². The zero-order valence-electron chi connectivity index (χ0n) is 12.8. The van der Waals surface area contributed by atoms with Crippen molar-refractivity contribution in [3.05, 3.63) is 29.8 Å². The molecule has 0 saturated heterocycles. The van der Waals surface area contributed by atoms with E-state index in [1.807, 2.05) is 32.0 Å². The molecule has 2 rings (SSSR count). The highest BCUT2D eigenvalue weighted by Crippen LogP contribution is 2.27. The van der Waals surface area contributed by atoms with Crippen molar-refractivity contribution in [2.45, 2.75) is 38.8 Å². The van der Waals surface area contributed by atoms with Crippen LogP contribution in [0.1, 0.15) is 37.0 Å². The first kappa shape index (κ1) is 15.5. The number of carbonyl (C=O) groups is 2. The van der Waals surface area contributed by atoms with Gasteiger partial charge in [0.2, 0.25) is 5.91 Å². The Balaban J connectivity index is 2.47. The van der Waals surface area contributed by atoms with Crippen LogP contribution in [-0.2, 0) is 9.53 Å². The summed E-state index contributed by atoms with van der Waals surface area (Å²) in [6.07, 6.45) is 1.47. The third kappa shape index (κ3) is 3.08. The van der Waals surface area contributed by atoms with E-state index in [9.17, 15) is 9.59 Å². The average Bonchev–Trinajstić information content (AvgIpc) is 2.56. The Kier molecular flexibility index (Phi) is 4.96. The van der Waals surface area contributed by atoms with Crippen LogP contribution in [0.3, 0.4) is 0 Å². The molecule has 21 heavy (non-hydrogen) atoms. The van der Waals surface area contributed by atoms with Crippen molar-refractivity contribution in [3.8, 4) is 0 Å². The Bertz CT molecular complexity index is 530. The maximum absolute atomic E-state index is 12.8. The van der Waals surface area contributed by atoms with Crippen LogP contribution < -0.4 is 10.2 Å². The molecule has 114 valence electrons. The highest BCUT2D eigenvalue weighted by Gasteiger charge is 2.35. The summed E-state index contributed by atoms with van der Waals surface area (Å²) in [7, 11) is 1.61. The van der Waals surface area contributed by atoms with Crippen molar-refractivity contribution in [1.29, 1.82) is 0 Å². The summed E-state index contributed by atoms with van der Waals surface area (Å²) in [4.78, 5) is 26.8. The quantitative estimate of drug-likeness (QED) is 0.902. The monoisotopic (exact) mass is 290 g/mol. The fourth-order valence-electron chi connectivity index (χ4n) is 2.71. The minimum atomic E-state index is -0.478. The lowest BCUT2D eigenvalue weighted by Crippen LogP contribution is -2.50. The van der Waals surface area contributed by atoms with Gasteiger partial charge in [0.25, 0.3) is 5.91 Å².